The van der Waals surface area contributed by atoms with Gasteiger partial charge in [-0.05, 0) is 30.2 Å². The van der Waals surface area contributed by atoms with E-state index < -0.39 is 0 Å². The van der Waals surface area contributed by atoms with Crippen LogP contribution in [-0.2, 0) is 12.8 Å². The summed E-state index contributed by atoms with van der Waals surface area (Å²) >= 11 is 1.24. The smallest absolute Gasteiger partial charge is 0.189 e. The average molecular weight is 293 g/mol. The molecule has 0 aromatic carbocycles. The number of oxime groups is 1. The lowest BCUT2D eigenvalue weighted by atomic mass is 10.0. The summed E-state index contributed by atoms with van der Waals surface area (Å²) in [6.45, 7) is 3.98. The van der Waals surface area contributed by atoms with E-state index in [2.05, 4.69) is 30.5 Å². The highest BCUT2D eigenvalue weighted by atomic mass is 32.2. The molecule has 8 nitrogen and oxygen atoms in total. The van der Waals surface area contributed by atoms with Crippen LogP contribution in [0.1, 0.15) is 30.7 Å². The molecule has 106 valence electrons. The van der Waals surface area contributed by atoms with Crippen molar-refractivity contribution in [3.63, 3.8) is 0 Å². The fourth-order valence-electron chi connectivity index (χ4n) is 1.88. The summed E-state index contributed by atoms with van der Waals surface area (Å²) in [5.74, 6) is 0.0217. The summed E-state index contributed by atoms with van der Waals surface area (Å²) in [6.07, 6.45) is 2.85. The Balaban J connectivity index is 2.55. The van der Waals surface area contributed by atoms with Gasteiger partial charge in [0.2, 0.25) is 0 Å². The molecule has 0 radical (unpaired) electrons. The highest BCUT2D eigenvalue weighted by Gasteiger charge is 2.19. The highest BCUT2D eigenvalue weighted by molar-refractivity contribution is 7.99. The van der Waals surface area contributed by atoms with Crippen molar-refractivity contribution in [3.8, 4) is 0 Å². The van der Waals surface area contributed by atoms with Crippen molar-refractivity contribution < 1.29 is 5.21 Å². The monoisotopic (exact) mass is 293 g/mol. The summed E-state index contributed by atoms with van der Waals surface area (Å²) in [7, 11) is 0. The van der Waals surface area contributed by atoms with Gasteiger partial charge in [0.1, 0.15) is 11.4 Å². The van der Waals surface area contributed by atoms with E-state index in [1.165, 1.54) is 18.1 Å². The van der Waals surface area contributed by atoms with Crippen LogP contribution in [0.25, 0.3) is 0 Å². The van der Waals surface area contributed by atoms with Crippen LogP contribution in [0, 0.1) is 0 Å². The van der Waals surface area contributed by atoms with Gasteiger partial charge < -0.3 is 10.9 Å². The predicted octanol–water partition coefficient (Wildman–Crippen LogP) is 0.965. The third-order valence-electron chi connectivity index (χ3n) is 2.76. The Hall–Kier alpha value is -2.16. The minimum absolute atomic E-state index is 0.0217. The van der Waals surface area contributed by atoms with E-state index in [1.54, 1.807) is 0 Å². The van der Waals surface area contributed by atoms with Crippen LogP contribution >= 0.6 is 11.8 Å². The zero-order chi connectivity index (χ0) is 14.5. The van der Waals surface area contributed by atoms with Gasteiger partial charge in [-0.3, -0.25) is 5.10 Å². The number of amidine groups is 1. The van der Waals surface area contributed by atoms with Crippen molar-refractivity contribution in [2.45, 2.75) is 36.9 Å². The Labute approximate surface area is 119 Å². The quantitative estimate of drug-likeness (QED) is 0.324. The first-order valence-electron chi connectivity index (χ1n) is 6.10. The molecule has 2 rings (SSSR count). The van der Waals surface area contributed by atoms with Crippen LogP contribution in [0.4, 0.5) is 0 Å². The zero-order valence-electron chi connectivity index (χ0n) is 11.2. The van der Waals surface area contributed by atoms with Gasteiger partial charge in [-0.15, -0.1) is 5.10 Å². The van der Waals surface area contributed by atoms with Crippen LogP contribution in [0.5, 0.6) is 0 Å². The summed E-state index contributed by atoms with van der Waals surface area (Å²) in [5, 5.41) is 28.0. The third kappa shape index (κ3) is 2.72. The van der Waals surface area contributed by atoms with Gasteiger partial charge in [-0.1, -0.05) is 19.0 Å². The first-order valence-corrected chi connectivity index (χ1v) is 6.92. The molecule has 4 N–H and O–H groups in total. The van der Waals surface area contributed by atoms with E-state index in [9.17, 15) is 0 Å². The maximum absolute atomic E-state index is 8.99. The van der Waals surface area contributed by atoms with E-state index in [1.807, 2.05) is 13.8 Å². The standard InChI is InChI=1S/C11H15N7OS/c1-3-6-7(4-2)15-16-10(8(6)9(12)18-19)20-11-13-5-14-17-11/h5,19H,3-4H2,1-2H3,(H2,12,18)(H,13,14,17). The number of hydrogen-bond donors (Lipinski definition) is 3. The van der Waals surface area contributed by atoms with Crippen LogP contribution < -0.4 is 5.73 Å². The van der Waals surface area contributed by atoms with Crippen molar-refractivity contribution in [2.24, 2.45) is 10.9 Å². The second-order valence-electron chi connectivity index (χ2n) is 3.89. The zero-order valence-corrected chi connectivity index (χ0v) is 12.0. The lowest BCUT2D eigenvalue weighted by molar-refractivity contribution is 0.318. The average Bonchev–Trinajstić information content (AvgIpc) is 2.98. The molecule has 0 saturated carbocycles. The Morgan fingerprint density at radius 3 is 2.75 bits per heavy atom. The molecule has 0 spiro atoms. The first kappa shape index (κ1) is 14.3. The lowest BCUT2D eigenvalue weighted by Gasteiger charge is -2.13. The number of nitrogens with one attached hydrogen (secondary N) is 1. The second kappa shape index (κ2) is 6.33. The summed E-state index contributed by atoms with van der Waals surface area (Å²) in [6, 6.07) is 0. The van der Waals surface area contributed by atoms with Gasteiger partial charge in [0.25, 0.3) is 0 Å². The number of nitrogens with zero attached hydrogens (tertiary/aromatic N) is 5. The molecule has 2 aromatic heterocycles. The van der Waals surface area contributed by atoms with Crippen LogP contribution in [0.15, 0.2) is 21.7 Å². The number of hydrogen-bond acceptors (Lipinski definition) is 7. The van der Waals surface area contributed by atoms with Crippen LogP contribution in [0.3, 0.4) is 0 Å². The van der Waals surface area contributed by atoms with E-state index >= 15 is 0 Å². The topological polar surface area (TPSA) is 126 Å². The fraction of sp³-hybridized carbons (Fsp3) is 0.364. The minimum Gasteiger partial charge on any atom is -0.409 e. The Kier molecular flexibility index (Phi) is 4.51. The number of H-pyrrole nitrogens is 1. The maximum Gasteiger partial charge on any atom is 0.189 e. The first-order chi connectivity index (χ1) is 9.71. The number of aryl methyl sites for hydroxylation is 1. The summed E-state index contributed by atoms with van der Waals surface area (Å²) in [5.41, 5.74) is 8.17. The minimum atomic E-state index is 0.0217. The van der Waals surface area contributed by atoms with Crippen molar-refractivity contribution in [3.05, 3.63) is 23.1 Å². The molecule has 0 unspecified atom stereocenters. The molecule has 0 aliphatic rings. The lowest BCUT2D eigenvalue weighted by Crippen LogP contribution is -2.20. The Bertz CT molecular complexity index is 611. The van der Waals surface area contributed by atoms with Gasteiger partial charge >= 0.3 is 0 Å². The molecule has 9 heteroatoms. The van der Waals surface area contributed by atoms with Crippen LogP contribution in [-0.4, -0.2) is 36.4 Å². The third-order valence-corrected chi connectivity index (χ3v) is 3.63. The molecule has 0 aliphatic carbocycles. The van der Waals surface area contributed by atoms with Gasteiger partial charge in [0, 0.05) is 0 Å². The van der Waals surface area contributed by atoms with Gasteiger partial charge in [-0.25, -0.2) is 4.98 Å². The summed E-state index contributed by atoms with van der Waals surface area (Å²) in [4.78, 5) is 4.02. The molecule has 2 aromatic rings. The number of aromatic amines is 1. The molecule has 20 heavy (non-hydrogen) atoms. The molecule has 0 fully saturated rings. The summed E-state index contributed by atoms with van der Waals surface area (Å²) < 4.78 is 0. The highest BCUT2D eigenvalue weighted by Crippen LogP contribution is 2.28. The Morgan fingerprint density at radius 1 is 1.40 bits per heavy atom. The largest absolute Gasteiger partial charge is 0.409 e. The van der Waals surface area contributed by atoms with E-state index in [-0.39, 0.29) is 5.84 Å². The number of aromatic nitrogens is 5. The molecule has 0 saturated heterocycles. The van der Waals surface area contributed by atoms with Gasteiger partial charge in [0.15, 0.2) is 11.0 Å². The SMILES string of the molecule is CCc1nnc(Sc2ncn[nH]2)c(C(N)=NO)c1CC. The normalized spacial score (nSPS) is 11.8. The number of rotatable bonds is 5. The molecule has 2 heterocycles. The Morgan fingerprint density at radius 2 is 2.20 bits per heavy atom. The molecular formula is C11H15N7OS. The van der Waals surface area contributed by atoms with Crippen molar-refractivity contribution in [1.29, 1.82) is 0 Å². The molecule has 0 bridgehead atoms. The molecule has 0 amide bonds. The van der Waals surface area contributed by atoms with Gasteiger partial charge in [-0.2, -0.15) is 10.2 Å². The van der Waals surface area contributed by atoms with E-state index in [0.717, 1.165) is 17.7 Å². The van der Waals surface area contributed by atoms with Crippen molar-refractivity contribution >= 4 is 17.6 Å². The van der Waals surface area contributed by atoms with E-state index in [4.69, 9.17) is 10.9 Å². The second-order valence-corrected chi connectivity index (χ2v) is 4.87. The molecule has 0 aliphatic heterocycles. The van der Waals surface area contributed by atoms with E-state index in [0.29, 0.717) is 22.2 Å². The van der Waals surface area contributed by atoms with Crippen LogP contribution in [0.2, 0.25) is 0 Å². The van der Waals surface area contributed by atoms with Gasteiger partial charge in [0.05, 0.1) is 11.3 Å². The fourth-order valence-corrected chi connectivity index (χ4v) is 2.67. The van der Waals surface area contributed by atoms with Crippen molar-refractivity contribution in [1.82, 2.24) is 25.4 Å². The molecular weight excluding hydrogens is 278 g/mol. The molecule has 0 atom stereocenters. The maximum atomic E-state index is 8.99. The van der Waals surface area contributed by atoms with Crippen molar-refractivity contribution in [2.75, 3.05) is 0 Å². The predicted molar refractivity (Wildman–Crippen MR) is 73.8 cm³/mol. The number of nitrogens with two attached hydrogens (primary N) is 1.